The first-order chi connectivity index (χ1) is 14.8. The Morgan fingerprint density at radius 2 is 1.94 bits per heavy atom. The number of pyridine rings is 1. The standard InChI is InChI=1S/C21H21N5O3S2/c1-14-11-18(19-12-22-26(20(19)23-14)13-16-5-4-10-30-16)21(27)24-15-6-8-17(9-7-15)31(28,29)25(2)3/h4-12H,13H2,1-3H3,(H,24,27). The number of sulfonamides is 1. The molecule has 0 aliphatic rings. The Balaban J connectivity index is 1.61. The molecule has 1 amide bonds. The van der Waals surface area contributed by atoms with E-state index in [2.05, 4.69) is 15.4 Å². The third-order valence-electron chi connectivity index (χ3n) is 4.76. The predicted molar refractivity (Wildman–Crippen MR) is 121 cm³/mol. The van der Waals surface area contributed by atoms with Crippen LogP contribution in [0.5, 0.6) is 0 Å². The zero-order valence-electron chi connectivity index (χ0n) is 17.2. The second-order valence-corrected chi connectivity index (χ2v) is 10.4. The maximum Gasteiger partial charge on any atom is 0.256 e. The largest absolute Gasteiger partial charge is 0.322 e. The van der Waals surface area contributed by atoms with Gasteiger partial charge in [0.05, 0.1) is 28.6 Å². The first-order valence-corrected chi connectivity index (χ1v) is 11.8. The molecule has 0 bridgehead atoms. The summed E-state index contributed by atoms with van der Waals surface area (Å²) in [5, 5.41) is 9.92. The number of carbonyl (C=O) groups excluding carboxylic acids is 1. The van der Waals surface area contributed by atoms with Crippen LogP contribution in [-0.2, 0) is 16.6 Å². The van der Waals surface area contributed by atoms with Crippen LogP contribution in [0, 0.1) is 6.92 Å². The van der Waals surface area contributed by atoms with Crippen molar-refractivity contribution >= 4 is 44.0 Å². The lowest BCUT2D eigenvalue weighted by molar-refractivity contribution is 0.102. The maximum atomic E-state index is 13.0. The topological polar surface area (TPSA) is 97.2 Å². The van der Waals surface area contributed by atoms with E-state index in [4.69, 9.17) is 0 Å². The summed E-state index contributed by atoms with van der Waals surface area (Å²) in [7, 11) is -0.580. The number of aromatic nitrogens is 3. The molecule has 0 radical (unpaired) electrons. The van der Waals surface area contributed by atoms with Crippen molar-refractivity contribution in [3.8, 4) is 0 Å². The van der Waals surface area contributed by atoms with E-state index in [1.54, 1.807) is 40.4 Å². The van der Waals surface area contributed by atoms with Crippen LogP contribution < -0.4 is 5.32 Å². The lowest BCUT2D eigenvalue weighted by atomic mass is 10.1. The molecule has 8 nitrogen and oxygen atoms in total. The van der Waals surface area contributed by atoms with E-state index >= 15 is 0 Å². The van der Waals surface area contributed by atoms with Gasteiger partial charge < -0.3 is 5.32 Å². The molecule has 0 saturated carbocycles. The Kier molecular flexibility index (Phi) is 5.61. The number of anilines is 1. The summed E-state index contributed by atoms with van der Waals surface area (Å²) in [6.45, 7) is 2.42. The van der Waals surface area contributed by atoms with Crippen LogP contribution >= 0.6 is 11.3 Å². The van der Waals surface area contributed by atoms with Crippen LogP contribution in [0.15, 0.2) is 58.9 Å². The maximum absolute atomic E-state index is 13.0. The SMILES string of the molecule is Cc1cc(C(=O)Nc2ccc(S(=O)(=O)N(C)C)cc2)c2cnn(Cc3cccs3)c2n1. The van der Waals surface area contributed by atoms with Gasteiger partial charge in [0.25, 0.3) is 5.91 Å². The second-order valence-electron chi connectivity index (χ2n) is 7.20. The third-order valence-corrected chi connectivity index (χ3v) is 7.45. The molecular formula is C21H21N5O3S2. The summed E-state index contributed by atoms with van der Waals surface area (Å²) >= 11 is 1.64. The first-order valence-electron chi connectivity index (χ1n) is 9.45. The highest BCUT2D eigenvalue weighted by atomic mass is 32.2. The van der Waals surface area contributed by atoms with Crippen molar-refractivity contribution in [2.45, 2.75) is 18.4 Å². The molecule has 1 aromatic carbocycles. The normalized spacial score (nSPS) is 11.9. The Morgan fingerprint density at radius 1 is 1.19 bits per heavy atom. The average molecular weight is 456 g/mol. The molecule has 4 aromatic rings. The molecule has 3 heterocycles. The van der Waals surface area contributed by atoms with Gasteiger partial charge >= 0.3 is 0 Å². The third kappa shape index (κ3) is 4.22. The smallest absolute Gasteiger partial charge is 0.256 e. The highest BCUT2D eigenvalue weighted by Gasteiger charge is 2.19. The van der Waals surface area contributed by atoms with Crippen LogP contribution in [0.25, 0.3) is 11.0 Å². The molecule has 0 fully saturated rings. The van der Waals surface area contributed by atoms with Gasteiger partial charge in [-0.2, -0.15) is 5.10 Å². The van der Waals surface area contributed by atoms with Gasteiger partial charge in [0, 0.05) is 30.4 Å². The molecule has 4 rings (SSSR count). The van der Waals surface area contributed by atoms with Crippen molar-refractivity contribution in [1.29, 1.82) is 0 Å². The molecule has 10 heteroatoms. The fourth-order valence-corrected chi connectivity index (χ4v) is 4.73. The Morgan fingerprint density at radius 3 is 2.58 bits per heavy atom. The molecule has 0 aliphatic heterocycles. The van der Waals surface area contributed by atoms with Gasteiger partial charge in [-0.25, -0.2) is 22.4 Å². The number of thiophene rings is 1. The Hall–Kier alpha value is -3.08. The summed E-state index contributed by atoms with van der Waals surface area (Å²) in [5.41, 5.74) is 2.31. The van der Waals surface area contributed by atoms with Gasteiger partial charge in [-0.3, -0.25) is 4.79 Å². The van der Waals surface area contributed by atoms with Crippen molar-refractivity contribution in [3.05, 3.63) is 70.2 Å². The number of nitrogens with one attached hydrogen (secondary N) is 1. The monoisotopic (exact) mass is 455 g/mol. The number of hydrogen-bond donors (Lipinski definition) is 1. The molecule has 3 aromatic heterocycles. The minimum Gasteiger partial charge on any atom is -0.322 e. The van der Waals surface area contributed by atoms with E-state index in [0.29, 0.717) is 34.5 Å². The lowest BCUT2D eigenvalue weighted by Crippen LogP contribution is -2.22. The predicted octanol–water partition coefficient (Wildman–Crippen LogP) is 3.35. The van der Waals surface area contributed by atoms with E-state index in [1.165, 1.54) is 26.2 Å². The number of amides is 1. The highest BCUT2D eigenvalue weighted by molar-refractivity contribution is 7.89. The van der Waals surface area contributed by atoms with Gasteiger partial charge in [0.1, 0.15) is 0 Å². The molecule has 0 aliphatic carbocycles. The zero-order valence-corrected chi connectivity index (χ0v) is 18.9. The number of nitrogens with zero attached hydrogens (tertiary/aromatic N) is 4. The van der Waals surface area contributed by atoms with E-state index < -0.39 is 10.0 Å². The van der Waals surface area contributed by atoms with E-state index in [-0.39, 0.29) is 10.8 Å². The van der Waals surface area contributed by atoms with Crippen molar-refractivity contribution in [2.75, 3.05) is 19.4 Å². The summed E-state index contributed by atoms with van der Waals surface area (Å²) in [6, 6.07) is 11.8. The number of hydrogen-bond acceptors (Lipinski definition) is 6. The summed E-state index contributed by atoms with van der Waals surface area (Å²) in [4.78, 5) is 18.9. The fraction of sp³-hybridized carbons (Fsp3) is 0.190. The minimum absolute atomic E-state index is 0.160. The summed E-state index contributed by atoms with van der Waals surface area (Å²) in [6.07, 6.45) is 1.65. The van der Waals surface area contributed by atoms with Gasteiger partial charge in [-0.15, -0.1) is 11.3 Å². The molecular weight excluding hydrogens is 434 g/mol. The molecule has 160 valence electrons. The number of fused-ring (bicyclic) bond motifs is 1. The summed E-state index contributed by atoms with van der Waals surface area (Å²) < 4.78 is 27.3. The minimum atomic E-state index is -3.53. The van der Waals surface area contributed by atoms with Crippen LogP contribution in [-0.4, -0.2) is 47.5 Å². The fourth-order valence-electron chi connectivity index (χ4n) is 3.15. The van der Waals surface area contributed by atoms with Gasteiger partial charge in [-0.1, -0.05) is 6.07 Å². The van der Waals surface area contributed by atoms with Crippen molar-refractivity contribution in [1.82, 2.24) is 19.1 Å². The second kappa shape index (κ2) is 8.22. The molecule has 0 atom stereocenters. The van der Waals surface area contributed by atoms with E-state index in [1.807, 2.05) is 24.4 Å². The number of carbonyl (C=O) groups is 1. The van der Waals surface area contributed by atoms with E-state index in [0.717, 1.165) is 9.18 Å². The summed E-state index contributed by atoms with van der Waals surface area (Å²) in [5.74, 6) is -0.311. The van der Waals surface area contributed by atoms with Crippen LogP contribution in [0.2, 0.25) is 0 Å². The van der Waals surface area contributed by atoms with Gasteiger partial charge in [-0.05, 0) is 48.7 Å². The van der Waals surface area contributed by atoms with Crippen LogP contribution in [0.1, 0.15) is 20.9 Å². The molecule has 31 heavy (non-hydrogen) atoms. The Labute approximate surface area is 184 Å². The number of benzene rings is 1. The molecule has 0 saturated heterocycles. The lowest BCUT2D eigenvalue weighted by Gasteiger charge is -2.12. The van der Waals surface area contributed by atoms with Crippen LogP contribution in [0.4, 0.5) is 5.69 Å². The quantitative estimate of drug-likeness (QED) is 0.481. The zero-order chi connectivity index (χ0) is 22.2. The van der Waals surface area contributed by atoms with Crippen LogP contribution in [0.3, 0.4) is 0 Å². The molecule has 1 N–H and O–H groups in total. The Bertz CT molecular complexity index is 1340. The average Bonchev–Trinajstić information content (AvgIpc) is 3.38. The first kappa shape index (κ1) is 21.2. The number of aryl methyl sites for hydroxylation is 1. The van der Waals surface area contributed by atoms with Gasteiger partial charge in [0.15, 0.2) is 5.65 Å². The van der Waals surface area contributed by atoms with Crippen molar-refractivity contribution in [2.24, 2.45) is 0 Å². The molecule has 0 spiro atoms. The highest BCUT2D eigenvalue weighted by Crippen LogP contribution is 2.22. The molecule has 0 unspecified atom stereocenters. The van der Waals surface area contributed by atoms with E-state index in [9.17, 15) is 13.2 Å². The van der Waals surface area contributed by atoms with Crippen molar-refractivity contribution in [3.63, 3.8) is 0 Å². The van der Waals surface area contributed by atoms with Gasteiger partial charge in [0.2, 0.25) is 10.0 Å². The van der Waals surface area contributed by atoms with Crippen molar-refractivity contribution < 1.29 is 13.2 Å². The number of rotatable bonds is 6.